The molecule has 0 bridgehead atoms. The fraction of sp³-hybridized carbons (Fsp3) is 0.222. The molecular formula is C18H18F3N5O2S. The first-order chi connectivity index (χ1) is 13.5. The second-order valence-electron chi connectivity index (χ2n) is 6.27. The van der Waals surface area contributed by atoms with Crippen molar-refractivity contribution in [3.05, 3.63) is 54.6 Å². The van der Waals surface area contributed by atoms with Gasteiger partial charge in [-0.1, -0.05) is 0 Å². The van der Waals surface area contributed by atoms with Crippen molar-refractivity contribution in [1.82, 2.24) is 19.3 Å². The summed E-state index contributed by atoms with van der Waals surface area (Å²) >= 11 is 0. The number of sulfonamides is 1. The number of halogens is 3. The van der Waals surface area contributed by atoms with Crippen LogP contribution in [-0.4, -0.2) is 37.0 Å². The number of rotatable bonds is 5. The van der Waals surface area contributed by atoms with E-state index in [9.17, 15) is 21.6 Å². The SMILES string of the molecule is CNS(=O)(=O)c1ccc(N(C)c2ccc(C(F)(F)F)cn2)c(-c2cn(C)cn2)c1. The van der Waals surface area contributed by atoms with Crippen LogP contribution in [0.3, 0.4) is 0 Å². The second-order valence-corrected chi connectivity index (χ2v) is 8.16. The largest absolute Gasteiger partial charge is 0.417 e. The summed E-state index contributed by atoms with van der Waals surface area (Å²) < 4.78 is 66.7. The highest BCUT2D eigenvalue weighted by molar-refractivity contribution is 7.89. The predicted octanol–water partition coefficient (Wildman–Crippen LogP) is 3.18. The average Bonchev–Trinajstić information content (AvgIpc) is 3.12. The van der Waals surface area contributed by atoms with E-state index in [-0.39, 0.29) is 10.7 Å². The van der Waals surface area contributed by atoms with Crippen LogP contribution in [0, 0.1) is 0 Å². The molecule has 2 aromatic heterocycles. The predicted molar refractivity (Wildman–Crippen MR) is 102 cm³/mol. The molecule has 0 saturated heterocycles. The molecule has 0 atom stereocenters. The van der Waals surface area contributed by atoms with Crippen LogP contribution >= 0.6 is 0 Å². The minimum atomic E-state index is -4.48. The normalized spacial score (nSPS) is 12.2. The number of pyridine rings is 1. The van der Waals surface area contributed by atoms with Crippen LogP contribution in [0.15, 0.2) is 53.9 Å². The zero-order valence-electron chi connectivity index (χ0n) is 15.8. The average molecular weight is 425 g/mol. The van der Waals surface area contributed by atoms with E-state index in [1.165, 1.54) is 25.2 Å². The van der Waals surface area contributed by atoms with E-state index >= 15 is 0 Å². The van der Waals surface area contributed by atoms with Gasteiger partial charge in [-0.3, -0.25) is 0 Å². The molecule has 0 aliphatic carbocycles. The zero-order valence-corrected chi connectivity index (χ0v) is 16.6. The lowest BCUT2D eigenvalue weighted by atomic mass is 10.1. The topological polar surface area (TPSA) is 80.1 Å². The van der Waals surface area contributed by atoms with Crippen molar-refractivity contribution in [3.8, 4) is 11.3 Å². The smallest absolute Gasteiger partial charge is 0.340 e. The number of hydrogen-bond acceptors (Lipinski definition) is 5. The number of hydrogen-bond donors (Lipinski definition) is 1. The summed E-state index contributed by atoms with van der Waals surface area (Å²) in [7, 11) is 1.01. The Bertz CT molecular complexity index is 1130. The third-order valence-corrected chi connectivity index (χ3v) is 5.72. The Balaban J connectivity index is 2.10. The molecule has 1 aromatic carbocycles. The third-order valence-electron chi connectivity index (χ3n) is 4.31. The number of anilines is 2. The van der Waals surface area contributed by atoms with Gasteiger partial charge in [0.2, 0.25) is 10.0 Å². The molecule has 0 saturated carbocycles. The van der Waals surface area contributed by atoms with Crippen molar-refractivity contribution in [3.63, 3.8) is 0 Å². The van der Waals surface area contributed by atoms with E-state index in [0.717, 1.165) is 12.3 Å². The quantitative estimate of drug-likeness (QED) is 0.679. The highest BCUT2D eigenvalue weighted by Crippen LogP contribution is 2.35. The van der Waals surface area contributed by atoms with Crippen LogP contribution < -0.4 is 9.62 Å². The van der Waals surface area contributed by atoms with E-state index in [1.807, 2.05) is 0 Å². The van der Waals surface area contributed by atoms with Gasteiger partial charge >= 0.3 is 6.18 Å². The molecule has 2 heterocycles. The minimum absolute atomic E-state index is 0.0400. The van der Waals surface area contributed by atoms with Crippen LogP contribution in [-0.2, 0) is 23.2 Å². The molecule has 11 heteroatoms. The number of benzene rings is 1. The van der Waals surface area contributed by atoms with Crippen molar-refractivity contribution in [1.29, 1.82) is 0 Å². The number of aromatic nitrogens is 3. The summed E-state index contributed by atoms with van der Waals surface area (Å²) in [6.07, 6.45) is -0.449. The molecular weight excluding hydrogens is 407 g/mol. The third kappa shape index (κ3) is 4.25. The monoisotopic (exact) mass is 425 g/mol. The Morgan fingerprint density at radius 3 is 2.38 bits per heavy atom. The molecule has 0 amide bonds. The van der Waals surface area contributed by atoms with Gasteiger partial charge in [0, 0.05) is 32.1 Å². The van der Waals surface area contributed by atoms with E-state index in [4.69, 9.17) is 0 Å². The number of aryl methyl sites for hydroxylation is 1. The molecule has 29 heavy (non-hydrogen) atoms. The number of nitrogens with one attached hydrogen (secondary N) is 1. The van der Waals surface area contributed by atoms with Gasteiger partial charge in [-0.25, -0.2) is 23.1 Å². The fourth-order valence-corrected chi connectivity index (χ4v) is 3.48. The summed E-state index contributed by atoms with van der Waals surface area (Å²) in [5.74, 6) is 0.263. The van der Waals surface area contributed by atoms with E-state index in [1.54, 1.807) is 42.2 Å². The summed E-state index contributed by atoms with van der Waals surface area (Å²) in [5, 5.41) is 0. The van der Waals surface area contributed by atoms with Crippen LogP contribution in [0.2, 0.25) is 0 Å². The highest BCUT2D eigenvalue weighted by atomic mass is 32.2. The van der Waals surface area contributed by atoms with Crippen molar-refractivity contribution in [2.45, 2.75) is 11.1 Å². The Morgan fingerprint density at radius 2 is 1.86 bits per heavy atom. The molecule has 0 spiro atoms. The Hall–Kier alpha value is -2.92. The van der Waals surface area contributed by atoms with E-state index < -0.39 is 21.8 Å². The van der Waals surface area contributed by atoms with Crippen molar-refractivity contribution in [2.24, 2.45) is 7.05 Å². The molecule has 154 valence electrons. The molecule has 3 aromatic rings. The minimum Gasteiger partial charge on any atom is -0.340 e. The van der Waals surface area contributed by atoms with Crippen LogP contribution in [0.1, 0.15) is 5.56 Å². The Labute approximate surface area is 165 Å². The first-order valence-corrected chi connectivity index (χ1v) is 9.84. The summed E-state index contributed by atoms with van der Waals surface area (Å²) in [6, 6.07) is 6.63. The van der Waals surface area contributed by atoms with Crippen LogP contribution in [0.4, 0.5) is 24.7 Å². The summed E-state index contributed by atoms with van der Waals surface area (Å²) in [5.41, 5.74) is 0.682. The van der Waals surface area contributed by atoms with Crippen molar-refractivity contribution in [2.75, 3.05) is 19.0 Å². The van der Waals surface area contributed by atoms with Crippen LogP contribution in [0.5, 0.6) is 0 Å². The van der Waals surface area contributed by atoms with Crippen LogP contribution in [0.25, 0.3) is 11.3 Å². The first kappa shape index (κ1) is 20.8. The molecule has 3 rings (SSSR count). The van der Waals surface area contributed by atoms with Crippen molar-refractivity contribution < 1.29 is 21.6 Å². The van der Waals surface area contributed by atoms with Gasteiger partial charge in [0.05, 0.1) is 28.2 Å². The second kappa shape index (κ2) is 7.48. The highest BCUT2D eigenvalue weighted by Gasteiger charge is 2.31. The van der Waals surface area contributed by atoms with Gasteiger partial charge in [0.15, 0.2) is 0 Å². The van der Waals surface area contributed by atoms with Gasteiger partial charge in [-0.15, -0.1) is 0 Å². The lowest BCUT2D eigenvalue weighted by Crippen LogP contribution is -2.19. The lowest BCUT2D eigenvalue weighted by Gasteiger charge is -2.22. The molecule has 7 nitrogen and oxygen atoms in total. The standard InChI is InChI=1S/C18H18F3N5O2S/c1-22-29(27,28)13-5-6-16(14(8-13)15-10-25(2)11-24-15)26(3)17-7-4-12(9-23-17)18(19,20)21/h4-11,22H,1-3H3. The molecule has 0 aliphatic heterocycles. The van der Waals surface area contributed by atoms with Gasteiger partial charge < -0.3 is 9.47 Å². The molecule has 0 fully saturated rings. The zero-order chi connectivity index (χ0) is 21.4. The Morgan fingerprint density at radius 1 is 1.14 bits per heavy atom. The van der Waals surface area contributed by atoms with E-state index in [0.29, 0.717) is 16.9 Å². The number of nitrogens with zero attached hydrogens (tertiary/aromatic N) is 4. The molecule has 0 radical (unpaired) electrons. The maximum Gasteiger partial charge on any atom is 0.417 e. The van der Waals surface area contributed by atoms with Crippen molar-refractivity contribution >= 4 is 21.5 Å². The van der Waals surface area contributed by atoms with Gasteiger partial charge in [-0.05, 0) is 37.4 Å². The van der Waals surface area contributed by atoms with Gasteiger partial charge in [-0.2, -0.15) is 13.2 Å². The molecule has 0 unspecified atom stereocenters. The first-order valence-electron chi connectivity index (χ1n) is 8.36. The molecule has 0 aliphatic rings. The Kier molecular flexibility index (Phi) is 5.37. The summed E-state index contributed by atoms with van der Waals surface area (Å²) in [4.78, 5) is 9.78. The van der Waals surface area contributed by atoms with Gasteiger partial charge in [0.25, 0.3) is 0 Å². The van der Waals surface area contributed by atoms with Gasteiger partial charge in [0.1, 0.15) is 5.82 Å². The molecule has 1 N–H and O–H groups in total. The maximum atomic E-state index is 12.8. The lowest BCUT2D eigenvalue weighted by molar-refractivity contribution is -0.137. The number of imidazole rings is 1. The van der Waals surface area contributed by atoms with E-state index in [2.05, 4.69) is 14.7 Å². The fourth-order valence-electron chi connectivity index (χ4n) is 2.73. The number of alkyl halides is 3. The maximum absolute atomic E-state index is 12.8. The summed E-state index contributed by atoms with van der Waals surface area (Å²) in [6.45, 7) is 0.